The summed E-state index contributed by atoms with van der Waals surface area (Å²) in [6, 6.07) is 23.2. The topological polar surface area (TPSA) is 130 Å². The van der Waals surface area contributed by atoms with Gasteiger partial charge in [-0.25, -0.2) is 14.4 Å². The fourth-order valence-corrected chi connectivity index (χ4v) is 24.5. The van der Waals surface area contributed by atoms with Gasteiger partial charge in [0.2, 0.25) is 0 Å². The van der Waals surface area contributed by atoms with E-state index in [0.29, 0.717) is 23.0 Å². The van der Waals surface area contributed by atoms with Crippen molar-refractivity contribution in [2.75, 3.05) is 26.7 Å². The Bertz CT molecular complexity index is 2180. The minimum absolute atomic E-state index is 0.267. The Kier molecular flexibility index (Phi) is 25.6. The molecule has 3 aliphatic rings. The first-order valence-corrected chi connectivity index (χ1v) is 34.2. The number of esters is 3. The number of halogens is 3. The smallest absolute Gasteiger partial charge is 0.354 e. The zero-order valence-electron chi connectivity index (χ0n) is 40.4. The molecule has 11 nitrogen and oxygen atoms in total. The maximum Gasteiger partial charge on any atom is 0.354 e. The van der Waals surface area contributed by atoms with Crippen LogP contribution in [-0.2, 0) is 27.3 Å². The van der Waals surface area contributed by atoms with Crippen LogP contribution in [0, 0.1) is 17.8 Å². The standard InChI is InChI=1S/C15H16N2O2.C10H12BrNO2.C6H6BrNO2.C5H4N.C4H7Br.3C4H9.Sn/c1-19-15(18)14-8-7-13(12-4-2-3-9-16-12)17(14)10-11-5-6-11;1-14-10(13)8-4-5-9(11)12(8)6-7-2-3-7;1-10-6(9)4-2-3-5(7)8-4;1-2-4-6-5-3-1;5-3-4-1-2-4;3*1-3-4-2;/h2-4,7-9,11H,5-6,10H2,1H3;4-5,7H,2-3,6H2,1H3;2-3,8H,1H3;1-4H;4H,1-3H2;3*1,3-4H2,2H3;. The molecule has 366 valence electrons. The molecule has 5 aromatic rings. The fourth-order valence-electron chi connectivity index (χ4n) is 7.56. The Morgan fingerprint density at radius 2 is 1.13 bits per heavy atom. The first-order valence-electron chi connectivity index (χ1n) is 24.0. The third-order valence-corrected chi connectivity index (χ3v) is 29.3. The number of methoxy groups -OCH3 is 3. The van der Waals surface area contributed by atoms with Gasteiger partial charge in [-0.15, -0.1) is 0 Å². The van der Waals surface area contributed by atoms with E-state index in [0.717, 1.165) is 45.5 Å². The largest absolute Gasteiger partial charge is 0.464 e. The summed E-state index contributed by atoms with van der Waals surface area (Å²) in [4.78, 5) is 45.9. The van der Waals surface area contributed by atoms with E-state index in [1.54, 1.807) is 28.1 Å². The number of carbonyl (C=O) groups is 3. The fraction of sp³-hybridized carbons (Fsp3) is 0.519. The van der Waals surface area contributed by atoms with Crippen LogP contribution in [0.3, 0.4) is 0 Å². The van der Waals surface area contributed by atoms with Crippen LogP contribution in [0.5, 0.6) is 0 Å². The zero-order chi connectivity index (χ0) is 48.6. The number of ether oxygens (including phenoxy) is 3. The molecule has 0 unspecified atom stereocenters. The number of aromatic nitrogens is 5. The summed E-state index contributed by atoms with van der Waals surface area (Å²) in [5.41, 5.74) is 3.56. The van der Waals surface area contributed by atoms with Gasteiger partial charge in [0.25, 0.3) is 0 Å². The molecular formula is C52H72Br3N5O6Sn. The summed E-state index contributed by atoms with van der Waals surface area (Å²) in [5.74, 6) is 1.56. The van der Waals surface area contributed by atoms with E-state index >= 15 is 0 Å². The summed E-state index contributed by atoms with van der Waals surface area (Å²) in [6.07, 6.45) is 20.0. The van der Waals surface area contributed by atoms with Crippen molar-refractivity contribution in [1.82, 2.24) is 24.1 Å². The van der Waals surface area contributed by atoms with Crippen molar-refractivity contribution in [3.8, 4) is 11.4 Å². The molecule has 0 bridgehead atoms. The van der Waals surface area contributed by atoms with Gasteiger partial charge in [-0.1, -0.05) is 22.0 Å². The van der Waals surface area contributed by atoms with Gasteiger partial charge in [-0.05, 0) is 137 Å². The second kappa shape index (κ2) is 30.4. The van der Waals surface area contributed by atoms with Crippen LogP contribution in [0.2, 0.25) is 13.3 Å². The first kappa shape index (κ1) is 56.4. The molecule has 0 atom stereocenters. The minimum atomic E-state index is -2.21. The quantitative estimate of drug-likeness (QED) is 0.0374. The second-order valence-corrected chi connectivity index (χ2v) is 32.9. The van der Waals surface area contributed by atoms with Gasteiger partial charge in [0.15, 0.2) is 0 Å². The Morgan fingerprint density at radius 3 is 1.55 bits per heavy atom. The molecule has 0 aromatic carbocycles. The molecule has 0 saturated heterocycles. The van der Waals surface area contributed by atoms with Gasteiger partial charge in [0, 0.05) is 24.6 Å². The van der Waals surface area contributed by atoms with E-state index in [9.17, 15) is 14.4 Å². The van der Waals surface area contributed by atoms with Crippen LogP contribution in [-0.4, -0.2) is 87.0 Å². The van der Waals surface area contributed by atoms with Crippen LogP contribution in [0.4, 0.5) is 0 Å². The average Bonchev–Trinajstić information content (AvgIpc) is 4.32. The van der Waals surface area contributed by atoms with E-state index in [-0.39, 0.29) is 17.9 Å². The molecule has 0 spiro atoms. The second-order valence-electron chi connectivity index (χ2n) is 17.6. The molecule has 0 amide bonds. The number of alkyl halides is 1. The van der Waals surface area contributed by atoms with Crippen molar-refractivity contribution < 1.29 is 28.6 Å². The Hall–Kier alpha value is -3.21. The summed E-state index contributed by atoms with van der Waals surface area (Å²) in [6.45, 7) is 8.76. The molecule has 67 heavy (non-hydrogen) atoms. The summed E-state index contributed by atoms with van der Waals surface area (Å²) < 4.78 is 25.8. The number of carbonyl (C=O) groups excluding carboxylic acids is 3. The van der Waals surface area contributed by atoms with Crippen molar-refractivity contribution in [3.05, 3.63) is 111 Å². The number of H-pyrrole nitrogens is 1. The predicted octanol–water partition coefficient (Wildman–Crippen LogP) is 13.7. The first-order chi connectivity index (χ1) is 32.5. The third-order valence-electron chi connectivity index (χ3n) is 12.1. The van der Waals surface area contributed by atoms with E-state index in [1.807, 2.05) is 51.7 Å². The molecular weight excluding hydrogens is 1150 g/mol. The number of unbranched alkanes of at least 4 members (excludes halogenated alkanes) is 3. The van der Waals surface area contributed by atoms with Crippen molar-refractivity contribution in [2.45, 2.75) is 124 Å². The molecule has 3 fully saturated rings. The molecule has 0 radical (unpaired) electrons. The van der Waals surface area contributed by atoms with E-state index in [4.69, 9.17) is 14.5 Å². The van der Waals surface area contributed by atoms with Gasteiger partial charge >= 0.3 is 142 Å². The Balaban J connectivity index is 0.000000192. The number of nitrogens with zero attached hydrogens (tertiary/aromatic N) is 4. The number of nitrogens with one attached hydrogen (secondary N) is 1. The van der Waals surface area contributed by atoms with Crippen molar-refractivity contribution >= 4 is 87.8 Å². The monoisotopic (exact) mass is 1220 g/mol. The van der Waals surface area contributed by atoms with E-state index in [1.165, 1.54) is 117 Å². The van der Waals surface area contributed by atoms with Gasteiger partial charge in [-0.3, -0.25) is 4.98 Å². The van der Waals surface area contributed by atoms with Crippen molar-refractivity contribution in [1.29, 1.82) is 0 Å². The maximum absolute atomic E-state index is 11.8. The summed E-state index contributed by atoms with van der Waals surface area (Å²) in [7, 11) is 4.17. The van der Waals surface area contributed by atoms with Crippen LogP contribution in [0.1, 0.15) is 129 Å². The minimum Gasteiger partial charge on any atom is -0.464 e. The molecule has 0 aliphatic heterocycles. The molecule has 15 heteroatoms. The van der Waals surface area contributed by atoms with Gasteiger partial charge in [0.05, 0.1) is 41.9 Å². The number of aromatic amines is 1. The normalized spacial score (nSPS) is 13.8. The zero-order valence-corrected chi connectivity index (χ0v) is 48.0. The number of pyridine rings is 2. The maximum atomic E-state index is 11.8. The van der Waals surface area contributed by atoms with Gasteiger partial charge in [-0.2, -0.15) is 0 Å². The van der Waals surface area contributed by atoms with Crippen molar-refractivity contribution in [2.24, 2.45) is 17.8 Å². The summed E-state index contributed by atoms with van der Waals surface area (Å²) in [5, 5.41) is 1.23. The molecule has 1 N–H and O–H groups in total. The van der Waals surface area contributed by atoms with Crippen LogP contribution in [0.15, 0.2) is 94.4 Å². The average molecular weight is 1220 g/mol. The van der Waals surface area contributed by atoms with Gasteiger partial charge < -0.3 is 28.3 Å². The van der Waals surface area contributed by atoms with E-state index in [2.05, 4.69) is 101 Å². The van der Waals surface area contributed by atoms with Crippen LogP contribution < -0.4 is 3.71 Å². The molecule has 3 aliphatic carbocycles. The SMILES string of the molecule is BrCC1CC1.CCC[CH2][Sn]([CH2]CCC)([CH2]CCC)[c]1ccccn1.COC(=O)c1ccc(-c2ccccn2)n1CC1CC1.COC(=O)c1ccc(Br)[nH]1.COC(=O)c1ccc(Br)n1CC1CC1. The molecule has 8 rings (SSSR count). The number of rotatable bonds is 19. The van der Waals surface area contributed by atoms with Gasteiger partial charge in [0.1, 0.15) is 17.1 Å². The number of hydrogen-bond donors (Lipinski definition) is 1. The molecule has 5 heterocycles. The molecule has 5 aromatic heterocycles. The van der Waals surface area contributed by atoms with Crippen LogP contribution in [0.25, 0.3) is 11.4 Å². The Morgan fingerprint density at radius 1 is 0.627 bits per heavy atom. The Labute approximate surface area is 428 Å². The number of hydrogen-bond acceptors (Lipinski definition) is 8. The summed E-state index contributed by atoms with van der Waals surface area (Å²) >= 11 is 7.76. The van der Waals surface area contributed by atoms with Crippen LogP contribution >= 0.6 is 47.8 Å². The van der Waals surface area contributed by atoms with Crippen molar-refractivity contribution in [3.63, 3.8) is 0 Å². The third kappa shape index (κ3) is 19.2. The van der Waals surface area contributed by atoms with E-state index < -0.39 is 18.4 Å². The molecule has 3 saturated carbocycles. The predicted molar refractivity (Wildman–Crippen MR) is 283 cm³/mol.